The molecule has 0 aromatic carbocycles. The zero-order valence-electron chi connectivity index (χ0n) is 12.3. The van der Waals surface area contributed by atoms with Crippen LogP contribution < -0.4 is 5.32 Å². The Balaban J connectivity index is 2.10. The SMILES string of the molecule is CCCNCC1CCC(C)(C)CC1c1occc1Br. The molecule has 1 aromatic rings. The van der Waals surface area contributed by atoms with Gasteiger partial charge in [-0.1, -0.05) is 20.8 Å². The average molecular weight is 328 g/mol. The maximum absolute atomic E-state index is 5.76. The lowest BCUT2D eigenvalue weighted by Gasteiger charge is -2.40. The van der Waals surface area contributed by atoms with Crippen LogP contribution in [0.15, 0.2) is 21.2 Å². The van der Waals surface area contributed by atoms with E-state index in [0.717, 1.165) is 23.3 Å². The Morgan fingerprint density at radius 2 is 2.26 bits per heavy atom. The van der Waals surface area contributed by atoms with E-state index in [9.17, 15) is 0 Å². The second-order valence-corrected chi connectivity index (χ2v) is 7.46. The van der Waals surface area contributed by atoms with Gasteiger partial charge in [0.05, 0.1) is 10.7 Å². The van der Waals surface area contributed by atoms with Crippen LogP contribution in [0.25, 0.3) is 0 Å². The second kappa shape index (κ2) is 6.45. The molecule has 0 saturated heterocycles. The first-order valence-corrected chi connectivity index (χ1v) is 8.26. The average Bonchev–Trinajstić information content (AvgIpc) is 2.77. The summed E-state index contributed by atoms with van der Waals surface area (Å²) in [6.07, 6.45) is 6.84. The number of nitrogens with one attached hydrogen (secondary N) is 1. The van der Waals surface area contributed by atoms with Crippen LogP contribution in [0.5, 0.6) is 0 Å². The van der Waals surface area contributed by atoms with Crippen LogP contribution in [0.4, 0.5) is 0 Å². The summed E-state index contributed by atoms with van der Waals surface area (Å²) < 4.78 is 6.89. The lowest BCUT2D eigenvalue weighted by atomic mass is 9.66. The highest BCUT2D eigenvalue weighted by molar-refractivity contribution is 9.10. The Kier molecular flexibility index (Phi) is 5.13. The summed E-state index contributed by atoms with van der Waals surface area (Å²) in [4.78, 5) is 0. The maximum Gasteiger partial charge on any atom is 0.121 e. The van der Waals surface area contributed by atoms with E-state index in [1.165, 1.54) is 25.7 Å². The molecule has 1 aromatic heterocycles. The van der Waals surface area contributed by atoms with Crippen molar-refractivity contribution in [2.24, 2.45) is 11.3 Å². The Morgan fingerprint density at radius 3 is 2.89 bits per heavy atom. The maximum atomic E-state index is 5.76. The van der Waals surface area contributed by atoms with Crippen LogP contribution in [-0.2, 0) is 0 Å². The van der Waals surface area contributed by atoms with Gasteiger partial charge in [0.1, 0.15) is 5.76 Å². The molecule has 108 valence electrons. The fourth-order valence-electron chi connectivity index (χ4n) is 3.23. The predicted molar refractivity (Wildman–Crippen MR) is 83.4 cm³/mol. The highest BCUT2D eigenvalue weighted by Gasteiger charge is 2.37. The minimum atomic E-state index is 0.429. The van der Waals surface area contributed by atoms with Crippen molar-refractivity contribution in [1.82, 2.24) is 5.32 Å². The lowest BCUT2D eigenvalue weighted by Crippen LogP contribution is -2.35. The molecule has 2 atom stereocenters. The molecule has 2 rings (SSSR count). The molecule has 0 aliphatic heterocycles. The molecule has 0 radical (unpaired) electrons. The highest BCUT2D eigenvalue weighted by Crippen LogP contribution is 2.48. The topological polar surface area (TPSA) is 25.2 Å². The molecule has 0 amide bonds. The third-order valence-corrected chi connectivity index (χ3v) is 5.00. The van der Waals surface area contributed by atoms with Crippen LogP contribution in [0.2, 0.25) is 0 Å². The van der Waals surface area contributed by atoms with Crippen LogP contribution in [0, 0.1) is 11.3 Å². The number of furan rings is 1. The number of rotatable bonds is 5. The molecule has 1 heterocycles. The van der Waals surface area contributed by atoms with Gasteiger partial charge in [0, 0.05) is 5.92 Å². The van der Waals surface area contributed by atoms with E-state index < -0.39 is 0 Å². The molecule has 0 spiro atoms. The van der Waals surface area contributed by atoms with Crippen molar-refractivity contribution >= 4 is 15.9 Å². The number of hydrogen-bond donors (Lipinski definition) is 1. The zero-order chi connectivity index (χ0) is 13.9. The smallest absolute Gasteiger partial charge is 0.121 e. The highest BCUT2D eigenvalue weighted by atomic mass is 79.9. The molecule has 1 fully saturated rings. The minimum absolute atomic E-state index is 0.429. The van der Waals surface area contributed by atoms with E-state index in [1.807, 2.05) is 6.07 Å². The van der Waals surface area contributed by atoms with E-state index in [4.69, 9.17) is 4.42 Å². The first kappa shape index (κ1) is 15.1. The molecular weight excluding hydrogens is 302 g/mol. The zero-order valence-corrected chi connectivity index (χ0v) is 13.9. The molecule has 1 aliphatic carbocycles. The van der Waals surface area contributed by atoms with Crippen LogP contribution in [0.1, 0.15) is 58.1 Å². The molecule has 1 N–H and O–H groups in total. The van der Waals surface area contributed by atoms with Crippen LogP contribution >= 0.6 is 15.9 Å². The number of hydrogen-bond acceptors (Lipinski definition) is 2. The summed E-state index contributed by atoms with van der Waals surface area (Å²) in [6.45, 7) is 9.21. The first-order valence-electron chi connectivity index (χ1n) is 7.47. The van der Waals surface area contributed by atoms with E-state index in [-0.39, 0.29) is 0 Å². The summed E-state index contributed by atoms with van der Waals surface area (Å²) in [5, 5.41) is 3.59. The molecule has 2 nitrogen and oxygen atoms in total. The Bertz CT molecular complexity index is 399. The van der Waals surface area contributed by atoms with Gasteiger partial charge < -0.3 is 9.73 Å². The normalized spacial score (nSPS) is 26.5. The second-order valence-electron chi connectivity index (χ2n) is 6.61. The van der Waals surface area contributed by atoms with Gasteiger partial charge in [0.25, 0.3) is 0 Å². The van der Waals surface area contributed by atoms with Gasteiger partial charge in [0.15, 0.2) is 0 Å². The molecule has 1 saturated carbocycles. The Morgan fingerprint density at radius 1 is 1.47 bits per heavy atom. The van der Waals surface area contributed by atoms with E-state index >= 15 is 0 Å². The summed E-state index contributed by atoms with van der Waals surface area (Å²) in [7, 11) is 0. The molecule has 19 heavy (non-hydrogen) atoms. The van der Waals surface area contributed by atoms with Crippen molar-refractivity contribution in [2.75, 3.05) is 13.1 Å². The summed E-state index contributed by atoms with van der Waals surface area (Å²) in [6, 6.07) is 2.02. The van der Waals surface area contributed by atoms with Crippen molar-refractivity contribution in [1.29, 1.82) is 0 Å². The predicted octanol–water partition coefficient (Wildman–Crippen LogP) is 4.95. The van der Waals surface area contributed by atoms with E-state index in [0.29, 0.717) is 17.3 Å². The minimum Gasteiger partial charge on any atom is -0.468 e. The van der Waals surface area contributed by atoms with Crippen molar-refractivity contribution in [3.63, 3.8) is 0 Å². The monoisotopic (exact) mass is 327 g/mol. The van der Waals surface area contributed by atoms with Crippen LogP contribution in [0.3, 0.4) is 0 Å². The van der Waals surface area contributed by atoms with Gasteiger partial charge in [-0.15, -0.1) is 0 Å². The molecule has 3 heteroatoms. The third kappa shape index (κ3) is 3.85. The molecule has 0 bridgehead atoms. The van der Waals surface area contributed by atoms with Gasteiger partial charge in [-0.25, -0.2) is 0 Å². The van der Waals surface area contributed by atoms with Gasteiger partial charge in [-0.05, 0) is 72.1 Å². The lowest BCUT2D eigenvalue weighted by molar-refractivity contribution is 0.145. The van der Waals surface area contributed by atoms with E-state index in [2.05, 4.69) is 42.0 Å². The summed E-state index contributed by atoms with van der Waals surface area (Å²) in [5.74, 6) is 2.38. The van der Waals surface area contributed by atoms with Crippen molar-refractivity contribution < 1.29 is 4.42 Å². The molecular formula is C16H26BrNO. The largest absolute Gasteiger partial charge is 0.468 e. The fraction of sp³-hybridized carbons (Fsp3) is 0.750. The fourth-order valence-corrected chi connectivity index (χ4v) is 3.72. The van der Waals surface area contributed by atoms with Gasteiger partial charge >= 0.3 is 0 Å². The Hall–Kier alpha value is -0.280. The van der Waals surface area contributed by atoms with Gasteiger partial charge in [0.2, 0.25) is 0 Å². The van der Waals surface area contributed by atoms with Gasteiger partial charge in [-0.3, -0.25) is 0 Å². The van der Waals surface area contributed by atoms with E-state index in [1.54, 1.807) is 6.26 Å². The Labute approximate surface area is 125 Å². The number of halogens is 1. The third-order valence-electron chi connectivity index (χ3n) is 4.35. The van der Waals surface area contributed by atoms with Crippen molar-refractivity contribution in [2.45, 2.75) is 52.4 Å². The molecule has 1 aliphatic rings. The summed E-state index contributed by atoms with van der Waals surface area (Å²) in [5.41, 5.74) is 0.429. The quantitative estimate of drug-likeness (QED) is 0.774. The van der Waals surface area contributed by atoms with Crippen LogP contribution in [-0.4, -0.2) is 13.1 Å². The first-order chi connectivity index (χ1) is 9.03. The standard InChI is InChI=1S/C16H26BrNO/c1-4-8-18-11-12-5-7-16(2,3)10-13(12)15-14(17)6-9-19-15/h6,9,12-13,18H,4-5,7-8,10-11H2,1-3H3. The molecule has 2 unspecified atom stereocenters. The van der Waals surface area contributed by atoms with Gasteiger partial charge in [-0.2, -0.15) is 0 Å². The summed E-state index contributed by atoms with van der Waals surface area (Å²) >= 11 is 3.63. The van der Waals surface area contributed by atoms with Crippen molar-refractivity contribution in [3.8, 4) is 0 Å². The van der Waals surface area contributed by atoms with Crippen molar-refractivity contribution in [3.05, 3.63) is 22.6 Å².